The van der Waals surface area contributed by atoms with Gasteiger partial charge in [-0.05, 0) is 23.9 Å². The summed E-state index contributed by atoms with van der Waals surface area (Å²) in [6, 6.07) is 12.7. The van der Waals surface area contributed by atoms with Crippen molar-refractivity contribution in [1.82, 2.24) is 4.90 Å². The molecule has 0 unspecified atom stereocenters. The van der Waals surface area contributed by atoms with Gasteiger partial charge in [0.2, 0.25) is 0 Å². The maximum atomic E-state index is 5.67. The van der Waals surface area contributed by atoms with E-state index in [9.17, 15) is 0 Å². The molecule has 0 bridgehead atoms. The molecule has 2 heteroatoms. The molecule has 0 spiro atoms. The molecule has 2 nitrogen and oxygen atoms in total. The first-order valence-corrected chi connectivity index (χ1v) is 5.16. The lowest BCUT2D eigenvalue weighted by Gasteiger charge is -2.26. The highest BCUT2D eigenvalue weighted by molar-refractivity contribution is 5.87. The van der Waals surface area contributed by atoms with E-state index in [0.29, 0.717) is 6.73 Å². The summed E-state index contributed by atoms with van der Waals surface area (Å²) in [7, 11) is 2.07. The van der Waals surface area contributed by atoms with Crippen molar-refractivity contribution in [3.05, 3.63) is 42.0 Å². The van der Waals surface area contributed by atoms with Crippen LogP contribution in [-0.2, 0) is 6.54 Å². The van der Waals surface area contributed by atoms with Gasteiger partial charge in [0.1, 0.15) is 12.5 Å². The third-order valence-electron chi connectivity index (χ3n) is 2.87. The molecule has 15 heavy (non-hydrogen) atoms. The summed E-state index contributed by atoms with van der Waals surface area (Å²) in [5.74, 6) is 1.03. The van der Waals surface area contributed by atoms with Gasteiger partial charge >= 0.3 is 0 Å². The number of ether oxygens (including phenoxy) is 1. The Balaban J connectivity index is 2.28. The Bertz CT molecular complexity index is 507. The topological polar surface area (TPSA) is 12.5 Å². The van der Waals surface area contributed by atoms with Gasteiger partial charge in [0.15, 0.2) is 0 Å². The van der Waals surface area contributed by atoms with E-state index < -0.39 is 0 Å². The van der Waals surface area contributed by atoms with Gasteiger partial charge in [-0.25, -0.2) is 0 Å². The van der Waals surface area contributed by atoms with Crippen LogP contribution in [0.3, 0.4) is 0 Å². The summed E-state index contributed by atoms with van der Waals surface area (Å²) in [5, 5.41) is 2.59. The van der Waals surface area contributed by atoms with Crippen LogP contribution in [0.15, 0.2) is 36.4 Å². The van der Waals surface area contributed by atoms with E-state index in [1.807, 2.05) is 0 Å². The van der Waals surface area contributed by atoms with Crippen molar-refractivity contribution >= 4 is 10.8 Å². The largest absolute Gasteiger partial charge is 0.478 e. The van der Waals surface area contributed by atoms with Gasteiger partial charge in [-0.1, -0.05) is 30.3 Å². The summed E-state index contributed by atoms with van der Waals surface area (Å²) in [6.07, 6.45) is 0. The second-order valence-corrected chi connectivity index (χ2v) is 4.05. The molecule has 3 rings (SSSR count). The molecular formula is C13H13NO. The molecule has 0 radical (unpaired) electrons. The van der Waals surface area contributed by atoms with Crippen molar-refractivity contribution in [2.45, 2.75) is 6.54 Å². The number of fused-ring (bicyclic) bond motifs is 3. The van der Waals surface area contributed by atoms with Crippen molar-refractivity contribution < 1.29 is 4.74 Å². The lowest BCUT2D eigenvalue weighted by Crippen LogP contribution is -2.28. The van der Waals surface area contributed by atoms with E-state index in [2.05, 4.69) is 48.3 Å². The zero-order valence-electron chi connectivity index (χ0n) is 8.73. The maximum absolute atomic E-state index is 5.67. The monoisotopic (exact) mass is 199 g/mol. The molecule has 1 aliphatic heterocycles. The summed E-state index contributed by atoms with van der Waals surface area (Å²) < 4.78 is 5.67. The van der Waals surface area contributed by atoms with Crippen LogP contribution in [-0.4, -0.2) is 18.7 Å². The molecule has 2 aromatic carbocycles. The summed E-state index contributed by atoms with van der Waals surface area (Å²) >= 11 is 0. The van der Waals surface area contributed by atoms with Crippen LogP contribution in [0.1, 0.15) is 5.56 Å². The molecule has 0 N–H and O–H groups in total. The lowest BCUT2D eigenvalue weighted by molar-refractivity contribution is 0.122. The van der Waals surface area contributed by atoms with E-state index in [4.69, 9.17) is 4.74 Å². The standard InChI is InChI=1S/C13H13NO/c1-14-8-12-11-5-3-2-4-10(11)6-7-13(12)15-9-14/h2-7H,8-9H2,1H3. The average Bonchev–Trinajstić information content (AvgIpc) is 2.29. The van der Waals surface area contributed by atoms with Crippen LogP contribution >= 0.6 is 0 Å². The molecule has 0 aliphatic carbocycles. The summed E-state index contributed by atoms with van der Waals surface area (Å²) in [5.41, 5.74) is 1.31. The molecule has 0 fully saturated rings. The normalized spacial score (nSPS) is 16.1. The molecule has 1 aliphatic rings. The zero-order valence-corrected chi connectivity index (χ0v) is 8.73. The molecule has 0 saturated heterocycles. The Labute approximate surface area is 89.1 Å². The van der Waals surface area contributed by atoms with Crippen LogP contribution in [0, 0.1) is 0 Å². The van der Waals surface area contributed by atoms with E-state index >= 15 is 0 Å². The van der Waals surface area contributed by atoms with Crippen LogP contribution in [0.4, 0.5) is 0 Å². The quantitative estimate of drug-likeness (QED) is 0.646. The van der Waals surface area contributed by atoms with Crippen molar-refractivity contribution in [3.8, 4) is 5.75 Å². The van der Waals surface area contributed by atoms with E-state index in [-0.39, 0.29) is 0 Å². The number of hydrogen-bond acceptors (Lipinski definition) is 2. The van der Waals surface area contributed by atoms with Gasteiger partial charge in [0, 0.05) is 12.1 Å². The molecule has 0 aromatic heterocycles. The predicted octanol–water partition coefficient (Wildman–Crippen LogP) is 2.62. The van der Waals surface area contributed by atoms with Gasteiger partial charge in [0.05, 0.1) is 0 Å². The minimum Gasteiger partial charge on any atom is -0.478 e. The Morgan fingerprint density at radius 3 is 2.93 bits per heavy atom. The Morgan fingerprint density at radius 1 is 1.13 bits per heavy atom. The minimum atomic E-state index is 0.686. The molecule has 0 saturated carbocycles. The highest BCUT2D eigenvalue weighted by Crippen LogP contribution is 2.31. The minimum absolute atomic E-state index is 0.686. The molecule has 76 valence electrons. The lowest BCUT2D eigenvalue weighted by atomic mass is 10.0. The number of benzene rings is 2. The predicted molar refractivity (Wildman–Crippen MR) is 60.9 cm³/mol. The van der Waals surface area contributed by atoms with Gasteiger partial charge in [-0.15, -0.1) is 0 Å². The zero-order chi connectivity index (χ0) is 10.3. The molecule has 2 aromatic rings. The maximum Gasteiger partial charge on any atom is 0.142 e. The first-order chi connectivity index (χ1) is 7.34. The van der Waals surface area contributed by atoms with Crippen LogP contribution in [0.2, 0.25) is 0 Å². The molecular weight excluding hydrogens is 186 g/mol. The Kier molecular flexibility index (Phi) is 1.89. The van der Waals surface area contributed by atoms with Gasteiger partial charge in [-0.2, -0.15) is 0 Å². The summed E-state index contributed by atoms with van der Waals surface area (Å²) in [6.45, 7) is 1.65. The fourth-order valence-electron chi connectivity index (χ4n) is 2.11. The molecule has 1 heterocycles. The van der Waals surface area contributed by atoms with Crippen molar-refractivity contribution in [2.75, 3.05) is 13.8 Å². The third kappa shape index (κ3) is 1.38. The van der Waals surface area contributed by atoms with Crippen LogP contribution in [0.5, 0.6) is 5.75 Å². The van der Waals surface area contributed by atoms with Crippen LogP contribution < -0.4 is 4.74 Å². The van der Waals surface area contributed by atoms with E-state index in [0.717, 1.165) is 12.3 Å². The van der Waals surface area contributed by atoms with E-state index in [1.165, 1.54) is 16.3 Å². The molecule has 0 atom stereocenters. The highest BCUT2D eigenvalue weighted by Gasteiger charge is 2.15. The summed E-state index contributed by atoms with van der Waals surface area (Å²) in [4.78, 5) is 2.18. The first-order valence-electron chi connectivity index (χ1n) is 5.16. The first kappa shape index (κ1) is 8.74. The SMILES string of the molecule is CN1COc2ccc3ccccc3c2C1. The van der Waals surface area contributed by atoms with Crippen LogP contribution in [0.25, 0.3) is 10.8 Å². The molecule has 0 amide bonds. The van der Waals surface area contributed by atoms with Crippen molar-refractivity contribution in [3.63, 3.8) is 0 Å². The highest BCUT2D eigenvalue weighted by atomic mass is 16.5. The van der Waals surface area contributed by atoms with Gasteiger partial charge in [0.25, 0.3) is 0 Å². The Morgan fingerprint density at radius 2 is 2.00 bits per heavy atom. The third-order valence-corrected chi connectivity index (χ3v) is 2.87. The second kappa shape index (κ2) is 3.24. The fourth-order valence-corrected chi connectivity index (χ4v) is 2.11. The van der Waals surface area contributed by atoms with Gasteiger partial charge in [-0.3, -0.25) is 4.90 Å². The Hall–Kier alpha value is -1.54. The smallest absolute Gasteiger partial charge is 0.142 e. The average molecular weight is 199 g/mol. The van der Waals surface area contributed by atoms with Crippen molar-refractivity contribution in [2.24, 2.45) is 0 Å². The number of rotatable bonds is 0. The number of nitrogens with zero attached hydrogens (tertiary/aromatic N) is 1. The number of hydrogen-bond donors (Lipinski definition) is 0. The van der Waals surface area contributed by atoms with Crippen molar-refractivity contribution in [1.29, 1.82) is 0 Å². The second-order valence-electron chi connectivity index (χ2n) is 4.05. The van der Waals surface area contributed by atoms with Gasteiger partial charge < -0.3 is 4.74 Å². The van der Waals surface area contributed by atoms with E-state index in [1.54, 1.807) is 0 Å². The fraction of sp³-hybridized carbons (Fsp3) is 0.231.